The highest BCUT2D eigenvalue weighted by atomic mass is 79.9. The van der Waals surface area contributed by atoms with Crippen LogP contribution in [0.5, 0.6) is 0 Å². The highest BCUT2D eigenvalue weighted by Gasteiger charge is 2.73. The standard InChI is InChI=1S/C14H17Br2NO/c1-9(11-7-5-4-6-8-11)17-12(18)13(3)10(2)14(13,15)16/h4-10H,1-3H3,(H,17,18)/t9-,10+,13-/m1/s1. The van der Waals surface area contributed by atoms with Gasteiger partial charge in [0, 0.05) is 0 Å². The predicted octanol–water partition coefficient (Wildman–Crippen LogP) is 4.01. The number of hydrogen-bond donors (Lipinski definition) is 1. The second kappa shape index (κ2) is 4.64. The summed E-state index contributed by atoms with van der Waals surface area (Å²) in [6.45, 7) is 6.05. The van der Waals surface area contributed by atoms with Crippen molar-refractivity contribution < 1.29 is 4.79 Å². The lowest BCUT2D eigenvalue weighted by molar-refractivity contribution is -0.126. The Bertz CT molecular complexity index is 460. The molecular weight excluding hydrogens is 358 g/mol. The molecule has 0 saturated heterocycles. The van der Waals surface area contributed by atoms with Crippen LogP contribution in [0, 0.1) is 11.3 Å². The second-order valence-corrected chi connectivity index (χ2v) is 8.72. The molecule has 1 fully saturated rings. The molecule has 1 aromatic carbocycles. The molecule has 1 N–H and O–H groups in total. The molecule has 1 saturated carbocycles. The third-order valence-electron chi connectivity index (χ3n) is 4.14. The van der Waals surface area contributed by atoms with E-state index in [9.17, 15) is 4.79 Å². The van der Waals surface area contributed by atoms with Crippen LogP contribution in [0.1, 0.15) is 32.4 Å². The maximum atomic E-state index is 12.4. The summed E-state index contributed by atoms with van der Waals surface area (Å²) in [4.78, 5) is 12.4. The fourth-order valence-corrected chi connectivity index (χ4v) is 3.99. The monoisotopic (exact) mass is 373 g/mol. The molecule has 0 heterocycles. The van der Waals surface area contributed by atoms with Crippen molar-refractivity contribution in [1.29, 1.82) is 0 Å². The maximum Gasteiger partial charge on any atom is 0.229 e. The van der Waals surface area contributed by atoms with Gasteiger partial charge in [-0.2, -0.15) is 0 Å². The minimum Gasteiger partial charge on any atom is -0.349 e. The number of nitrogens with one attached hydrogen (secondary N) is 1. The summed E-state index contributed by atoms with van der Waals surface area (Å²) in [5, 5.41) is 3.09. The lowest BCUT2D eigenvalue weighted by Gasteiger charge is -2.19. The van der Waals surface area contributed by atoms with Crippen molar-refractivity contribution in [2.75, 3.05) is 0 Å². The Balaban J connectivity index is 2.06. The maximum absolute atomic E-state index is 12.4. The minimum atomic E-state index is -0.393. The van der Waals surface area contributed by atoms with Crippen LogP contribution in [-0.4, -0.2) is 9.14 Å². The van der Waals surface area contributed by atoms with Gasteiger partial charge in [-0.25, -0.2) is 0 Å². The van der Waals surface area contributed by atoms with Crippen LogP contribution in [0.2, 0.25) is 0 Å². The van der Waals surface area contributed by atoms with E-state index in [0.29, 0.717) is 0 Å². The van der Waals surface area contributed by atoms with Crippen LogP contribution in [0.3, 0.4) is 0 Å². The zero-order valence-electron chi connectivity index (χ0n) is 10.7. The van der Waals surface area contributed by atoms with Crippen molar-refractivity contribution in [3.05, 3.63) is 35.9 Å². The van der Waals surface area contributed by atoms with E-state index in [4.69, 9.17) is 0 Å². The molecule has 0 aromatic heterocycles. The number of carbonyl (C=O) groups is 1. The molecule has 18 heavy (non-hydrogen) atoms. The van der Waals surface area contributed by atoms with Gasteiger partial charge >= 0.3 is 0 Å². The zero-order chi connectivity index (χ0) is 13.6. The van der Waals surface area contributed by atoms with Crippen LogP contribution in [0.4, 0.5) is 0 Å². The largest absolute Gasteiger partial charge is 0.349 e. The van der Waals surface area contributed by atoms with E-state index < -0.39 is 5.41 Å². The van der Waals surface area contributed by atoms with Crippen molar-refractivity contribution >= 4 is 37.8 Å². The van der Waals surface area contributed by atoms with E-state index in [2.05, 4.69) is 44.1 Å². The quantitative estimate of drug-likeness (QED) is 0.795. The summed E-state index contributed by atoms with van der Waals surface area (Å²) in [6.07, 6.45) is 0. The van der Waals surface area contributed by atoms with E-state index in [0.717, 1.165) is 5.56 Å². The first-order chi connectivity index (χ1) is 8.31. The molecule has 1 aliphatic rings. The molecule has 3 atom stereocenters. The van der Waals surface area contributed by atoms with Gasteiger partial charge in [0.1, 0.15) is 0 Å². The molecule has 1 amide bonds. The zero-order valence-corrected chi connectivity index (χ0v) is 13.9. The van der Waals surface area contributed by atoms with Gasteiger partial charge in [0.05, 0.1) is 14.7 Å². The van der Waals surface area contributed by atoms with Crippen LogP contribution in [0.15, 0.2) is 30.3 Å². The normalized spacial score (nSPS) is 30.6. The number of benzene rings is 1. The first kappa shape index (κ1) is 14.1. The smallest absolute Gasteiger partial charge is 0.229 e. The van der Waals surface area contributed by atoms with Gasteiger partial charge in [-0.05, 0) is 25.3 Å². The molecule has 0 radical (unpaired) electrons. The molecule has 0 unspecified atom stereocenters. The average Bonchev–Trinajstić information content (AvgIpc) is 2.75. The Morgan fingerprint density at radius 3 is 2.28 bits per heavy atom. The van der Waals surface area contributed by atoms with Gasteiger partial charge in [-0.3, -0.25) is 4.79 Å². The van der Waals surface area contributed by atoms with Crippen LogP contribution in [0.25, 0.3) is 0 Å². The van der Waals surface area contributed by atoms with Crippen molar-refractivity contribution in [3.8, 4) is 0 Å². The Kier molecular flexibility index (Phi) is 3.63. The van der Waals surface area contributed by atoms with E-state index in [1.807, 2.05) is 44.2 Å². The summed E-state index contributed by atoms with van der Waals surface area (Å²) in [5.74, 6) is 0.355. The highest BCUT2D eigenvalue weighted by molar-refractivity contribution is 9.25. The summed E-state index contributed by atoms with van der Waals surface area (Å²) in [5.41, 5.74) is 0.730. The third-order valence-corrected chi connectivity index (χ3v) is 7.16. The highest BCUT2D eigenvalue weighted by Crippen LogP contribution is 2.71. The third kappa shape index (κ3) is 2.03. The first-order valence-electron chi connectivity index (χ1n) is 6.05. The molecule has 0 bridgehead atoms. The fourth-order valence-electron chi connectivity index (χ4n) is 2.26. The number of amides is 1. The van der Waals surface area contributed by atoms with Crippen molar-refractivity contribution in [1.82, 2.24) is 5.32 Å². The Morgan fingerprint density at radius 1 is 1.33 bits per heavy atom. The molecular formula is C14H17Br2NO. The minimum absolute atomic E-state index is 0.0270. The number of hydrogen-bond acceptors (Lipinski definition) is 1. The number of carbonyl (C=O) groups excluding carboxylic acids is 1. The van der Waals surface area contributed by atoms with Crippen molar-refractivity contribution in [3.63, 3.8) is 0 Å². The second-order valence-electron chi connectivity index (χ2n) is 5.15. The van der Waals surface area contributed by atoms with Gasteiger partial charge in [-0.1, -0.05) is 69.1 Å². The SMILES string of the molecule is C[C@@H]1C(Br)(Br)[C@@]1(C)C(=O)N[C@H](C)c1ccccc1. The van der Waals surface area contributed by atoms with Gasteiger partial charge < -0.3 is 5.32 Å². The van der Waals surface area contributed by atoms with Crippen LogP contribution >= 0.6 is 31.9 Å². The molecule has 98 valence electrons. The Hall–Kier alpha value is -0.350. The van der Waals surface area contributed by atoms with E-state index in [-0.39, 0.29) is 21.1 Å². The van der Waals surface area contributed by atoms with Crippen LogP contribution in [-0.2, 0) is 4.79 Å². The molecule has 1 aliphatic carbocycles. The van der Waals surface area contributed by atoms with Crippen LogP contribution < -0.4 is 5.32 Å². The van der Waals surface area contributed by atoms with Gasteiger partial charge in [0.25, 0.3) is 0 Å². The van der Waals surface area contributed by atoms with Gasteiger partial charge in [-0.15, -0.1) is 0 Å². The number of halogens is 2. The number of rotatable bonds is 3. The topological polar surface area (TPSA) is 29.1 Å². The van der Waals surface area contributed by atoms with E-state index in [1.165, 1.54) is 0 Å². The molecule has 1 aromatic rings. The molecule has 4 heteroatoms. The molecule has 2 nitrogen and oxygen atoms in total. The van der Waals surface area contributed by atoms with Gasteiger partial charge in [0.15, 0.2) is 0 Å². The van der Waals surface area contributed by atoms with Crippen molar-refractivity contribution in [2.45, 2.75) is 30.0 Å². The number of alkyl halides is 2. The summed E-state index contributed by atoms with van der Waals surface area (Å²) in [7, 11) is 0. The lowest BCUT2D eigenvalue weighted by atomic mass is 10.0. The molecule has 0 aliphatic heterocycles. The Labute approximate surface area is 125 Å². The van der Waals surface area contributed by atoms with E-state index in [1.54, 1.807) is 0 Å². The Morgan fingerprint density at radius 2 is 1.83 bits per heavy atom. The first-order valence-corrected chi connectivity index (χ1v) is 7.64. The predicted molar refractivity (Wildman–Crippen MR) is 80.9 cm³/mol. The van der Waals surface area contributed by atoms with E-state index >= 15 is 0 Å². The summed E-state index contributed by atoms with van der Waals surface area (Å²) < 4.78 is -0.270. The van der Waals surface area contributed by atoms with Crippen molar-refractivity contribution in [2.24, 2.45) is 11.3 Å². The molecule has 2 rings (SSSR count). The molecule has 0 spiro atoms. The average molecular weight is 375 g/mol. The summed E-state index contributed by atoms with van der Waals surface area (Å²) in [6, 6.07) is 10.0. The summed E-state index contributed by atoms with van der Waals surface area (Å²) >= 11 is 7.15. The fraction of sp³-hybridized carbons (Fsp3) is 0.500. The lowest BCUT2D eigenvalue weighted by Crippen LogP contribution is -2.35. The van der Waals surface area contributed by atoms with Gasteiger partial charge in [0.2, 0.25) is 5.91 Å².